The van der Waals surface area contributed by atoms with E-state index in [-0.39, 0.29) is 5.56 Å². The molecule has 1 aromatic heterocycles. The molecule has 3 aliphatic heterocycles. The molecule has 230 valence electrons. The SMILES string of the molecule is COc1c(C=Cc2ccc(C=CC3=C(C#N)C(=C(C#N)C#N)OC3(c3ccccc3)C(F)(F)F)s2)cc2c3c1CCCN3CCC2. The van der Waals surface area contributed by atoms with Gasteiger partial charge in [-0.15, -0.1) is 11.3 Å². The van der Waals surface area contributed by atoms with Crippen molar-refractivity contribution in [3.63, 3.8) is 0 Å². The van der Waals surface area contributed by atoms with Gasteiger partial charge in [0.05, 0.1) is 7.11 Å². The smallest absolute Gasteiger partial charge is 0.437 e. The number of ether oxygens (including phenoxy) is 2. The number of benzene rings is 2. The van der Waals surface area contributed by atoms with Crippen LogP contribution in [0.15, 0.2) is 77.1 Å². The van der Waals surface area contributed by atoms with Crippen molar-refractivity contribution in [1.29, 1.82) is 15.8 Å². The second-order valence-electron chi connectivity index (χ2n) is 11.1. The topological polar surface area (TPSA) is 93.1 Å². The molecule has 0 spiro atoms. The molecule has 0 saturated heterocycles. The minimum Gasteiger partial charge on any atom is -0.496 e. The maximum absolute atomic E-state index is 15.0. The number of methoxy groups -OCH3 is 1. The van der Waals surface area contributed by atoms with Crippen molar-refractivity contribution in [2.24, 2.45) is 0 Å². The number of thiophene rings is 1. The van der Waals surface area contributed by atoms with E-state index in [1.807, 2.05) is 18.2 Å². The highest BCUT2D eigenvalue weighted by atomic mass is 32.1. The molecule has 4 heterocycles. The maximum atomic E-state index is 15.0. The second kappa shape index (κ2) is 12.3. The van der Waals surface area contributed by atoms with Crippen LogP contribution < -0.4 is 9.64 Å². The van der Waals surface area contributed by atoms with E-state index in [1.54, 1.807) is 37.5 Å². The lowest BCUT2D eigenvalue weighted by atomic mass is 9.84. The van der Waals surface area contributed by atoms with Gasteiger partial charge < -0.3 is 14.4 Å². The molecule has 0 bridgehead atoms. The zero-order chi connectivity index (χ0) is 32.5. The molecular weight excluding hydrogens is 609 g/mol. The molecule has 0 N–H and O–H groups in total. The van der Waals surface area contributed by atoms with Crippen LogP contribution in [0.1, 0.15) is 44.8 Å². The zero-order valence-corrected chi connectivity index (χ0v) is 25.6. The molecule has 2 aromatic carbocycles. The number of hydrogen-bond acceptors (Lipinski definition) is 7. The largest absolute Gasteiger partial charge is 0.496 e. The van der Waals surface area contributed by atoms with Gasteiger partial charge in [0.15, 0.2) is 11.3 Å². The number of halogens is 3. The first-order valence-electron chi connectivity index (χ1n) is 14.7. The molecule has 0 amide bonds. The van der Waals surface area contributed by atoms with E-state index >= 15 is 13.2 Å². The Morgan fingerprint density at radius 2 is 1.63 bits per heavy atom. The molecule has 1 unspecified atom stereocenters. The van der Waals surface area contributed by atoms with E-state index in [1.165, 1.54) is 64.6 Å². The van der Waals surface area contributed by atoms with Crippen molar-refractivity contribution in [1.82, 2.24) is 0 Å². The Balaban J connectivity index is 1.38. The standard InChI is InChI=1S/C36H27F3N4O2S/c1-44-33-24(19-23-7-5-17-43-18-6-10-29(33)32(23)43)11-12-27-13-14-28(46-27)15-16-31-30(22-42)34(25(20-40)21-41)45-35(31,36(37,38)39)26-8-3-2-4-9-26/h2-4,8-9,11-16,19H,5-7,10,17-18H2,1H3. The molecule has 1 atom stereocenters. The average molecular weight is 637 g/mol. The van der Waals surface area contributed by atoms with Gasteiger partial charge in [-0.05, 0) is 67.7 Å². The average Bonchev–Trinajstić information content (AvgIpc) is 3.66. The predicted octanol–water partition coefficient (Wildman–Crippen LogP) is 8.25. The van der Waals surface area contributed by atoms with Gasteiger partial charge in [0, 0.05) is 50.8 Å². The van der Waals surface area contributed by atoms with E-state index < -0.39 is 34.3 Å². The number of aryl methyl sites for hydroxylation is 1. The number of rotatable bonds is 6. The van der Waals surface area contributed by atoms with Gasteiger partial charge >= 0.3 is 6.18 Å². The van der Waals surface area contributed by atoms with E-state index in [4.69, 9.17) is 9.47 Å². The third-order valence-corrected chi connectivity index (χ3v) is 9.48. The molecule has 6 rings (SSSR count). The van der Waals surface area contributed by atoms with Crippen molar-refractivity contribution < 1.29 is 22.6 Å². The Morgan fingerprint density at radius 1 is 0.957 bits per heavy atom. The Bertz CT molecular complexity index is 1930. The molecule has 46 heavy (non-hydrogen) atoms. The maximum Gasteiger partial charge on any atom is 0.437 e. The summed E-state index contributed by atoms with van der Waals surface area (Å²) in [5, 5.41) is 28.9. The highest BCUT2D eigenvalue weighted by Crippen LogP contribution is 2.56. The fraction of sp³-hybridized carbons (Fsp3) is 0.250. The summed E-state index contributed by atoms with van der Waals surface area (Å²) < 4.78 is 56.5. The van der Waals surface area contributed by atoms with Gasteiger partial charge in [0.2, 0.25) is 0 Å². The fourth-order valence-corrected chi connectivity index (χ4v) is 7.36. The van der Waals surface area contributed by atoms with Gasteiger partial charge in [-0.1, -0.05) is 36.4 Å². The van der Waals surface area contributed by atoms with Crippen molar-refractivity contribution in [2.45, 2.75) is 37.5 Å². The Kier molecular flexibility index (Phi) is 8.21. The second-order valence-corrected chi connectivity index (χ2v) is 12.2. The van der Waals surface area contributed by atoms with Crippen molar-refractivity contribution >= 4 is 35.3 Å². The minimum atomic E-state index is -5.04. The number of hydrogen-bond donors (Lipinski definition) is 0. The summed E-state index contributed by atoms with van der Waals surface area (Å²) in [6.07, 6.45) is 5.79. The van der Waals surface area contributed by atoms with Gasteiger partial charge in [0.25, 0.3) is 5.60 Å². The van der Waals surface area contributed by atoms with Gasteiger partial charge in [0.1, 0.15) is 29.5 Å². The van der Waals surface area contributed by atoms with E-state index in [0.29, 0.717) is 4.88 Å². The molecule has 0 fully saturated rings. The van der Waals surface area contributed by atoms with Crippen molar-refractivity contribution in [3.8, 4) is 24.0 Å². The summed E-state index contributed by atoms with van der Waals surface area (Å²) in [7, 11) is 1.69. The van der Waals surface area contributed by atoms with Crippen LogP contribution in [-0.2, 0) is 23.2 Å². The molecule has 3 aliphatic rings. The predicted molar refractivity (Wildman–Crippen MR) is 170 cm³/mol. The van der Waals surface area contributed by atoms with Crippen LogP contribution in [-0.4, -0.2) is 26.4 Å². The minimum absolute atomic E-state index is 0.281. The van der Waals surface area contributed by atoms with Crippen LogP contribution in [0.2, 0.25) is 0 Å². The molecule has 0 radical (unpaired) electrons. The fourth-order valence-electron chi connectivity index (χ4n) is 6.54. The molecule has 6 nitrogen and oxygen atoms in total. The van der Waals surface area contributed by atoms with Crippen LogP contribution in [0, 0.1) is 34.0 Å². The molecule has 0 saturated carbocycles. The first-order chi connectivity index (χ1) is 22.2. The Morgan fingerprint density at radius 3 is 2.26 bits per heavy atom. The first kappa shape index (κ1) is 30.8. The van der Waals surface area contributed by atoms with Crippen molar-refractivity contribution in [3.05, 3.63) is 109 Å². The molecule has 0 aliphatic carbocycles. The van der Waals surface area contributed by atoms with Crippen LogP contribution >= 0.6 is 11.3 Å². The lowest BCUT2D eigenvalue weighted by Crippen LogP contribution is -2.43. The molecular formula is C36H27F3N4O2S. The number of nitrogens with zero attached hydrogens (tertiary/aromatic N) is 4. The van der Waals surface area contributed by atoms with Crippen LogP contribution in [0.25, 0.3) is 18.2 Å². The monoisotopic (exact) mass is 636 g/mol. The van der Waals surface area contributed by atoms with E-state index in [0.717, 1.165) is 55.0 Å². The van der Waals surface area contributed by atoms with Crippen LogP contribution in [0.4, 0.5) is 18.9 Å². The van der Waals surface area contributed by atoms with Crippen LogP contribution in [0.3, 0.4) is 0 Å². The zero-order valence-electron chi connectivity index (χ0n) is 24.8. The summed E-state index contributed by atoms with van der Waals surface area (Å²) in [4.78, 5) is 3.96. The summed E-state index contributed by atoms with van der Waals surface area (Å²) in [6, 6.07) is 17.6. The molecule has 3 aromatic rings. The lowest BCUT2D eigenvalue weighted by Gasteiger charge is -2.38. The number of nitriles is 3. The van der Waals surface area contributed by atoms with Gasteiger partial charge in [-0.3, -0.25) is 0 Å². The quantitative estimate of drug-likeness (QED) is 0.253. The van der Waals surface area contributed by atoms with E-state index in [9.17, 15) is 15.8 Å². The highest BCUT2D eigenvalue weighted by molar-refractivity contribution is 7.13. The number of anilines is 1. The summed E-state index contributed by atoms with van der Waals surface area (Å²) >= 11 is 1.36. The molecule has 10 heteroatoms. The van der Waals surface area contributed by atoms with Gasteiger partial charge in [-0.2, -0.15) is 29.0 Å². The summed E-state index contributed by atoms with van der Waals surface area (Å²) in [5.74, 6) is 0.183. The summed E-state index contributed by atoms with van der Waals surface area (Å²) in [6.45, 7) is 2.13. The Labute approximate surface area is 268 Å². The Hall–Kier alpha value is -5.24. The summed E-state index contributed by atoms with van der Waals surface area (Å²) in [5.41, 5.74) is -0.235. The third kappa shape index (κ3) is 5.13. The van der Waals surface area contributed by atoms with Crippen LogP contribution in [0.5, 0.6) is 5.75 Å². The third-order valence-electron chi connectivity index (χ3n) is 8.47. The van der Waals surface area contributed by atoms with Gasteiger partial charge in [-0.25, -0.2) is 0 Å². The number of alkyl halides is 3. The first-order valence-corrected chi connectivity index (χ1v) is 15.5. The highest BCUT2D eigenvalue weighted by Gasteiger charge is 2.65. The van der Waals surface area contributed by atoms with Crippen molar-refractivity contribution in [2.75, 3.05) is 25.1 Å². The van der Waals surface area contributed by atoms with E-state index in [2.05, 4.69) is 11.0 Å². The lowest BCUT2D eigenvalue weighted by molar-refractivity contribution is -0.249. The normalized spacial score (nSPS) is 19.1. The number of allylic oxidation sites excluding steroid dienone is 2.